The van der Waals surface area contributed by atoms with Crippen LogP contribution in [0.15, 0.2) is 6.20 Å². The topological polar surface area (TPSA) is 60.0 Å². The van der Waals surface area contributed by atoms with Crippen molar-refractivity contribution in [1.82, 2.24) is 19.9 Å². The molecule has 0 aromatic carbocycles. The number of rotatable bonds is 5. The summed E-state index contributed by atoms with van der Waals surface area (Å²) >= 11 is 0. The van der Waals surface area contributed by atoms with Crippen LogP contribution in [-0.2, 0) is 6.54 Å². The fraction of sp³-hybridized carbons (Fsp3) is 0.857. The molecule has 108 valence electrons. The minimum atomic E-state index is -0.00986. The largest absolute Gasteiger partial charge is 0.321 e. The summed E-state index contributed by atoms with van der Waals surface area (Å²) in [6.45, 7) is 3.05. The van der Waals surface area contributed by atoms with Gasteiger partial charge in [-0.1, -0.05) is 31.4 Å². The lowest BCUT2D eigenvalue weighted by atomic mass is 9.74. The minimum absolute atomic E-state index is 0.00986. The molecular weight excluding hydrogens is 238 g/mol. The van der Waals surface area contributed by atoms with E-state index in [1.807, 2.05) is 10.9 Å². The van der Waals surface area contributed by atoms with Crippen molar-refractivity contribution in [1.29, 1.82) is 0 Å². The molecule has 1 aliphatic rings. The summed E-state index contributed by atoms with van der Waals surface area (Å²) in [5, 5.41) is 8.24. The van der Waals surface area contributed by atoms with Crippen LogP contribution in [0.1, 0.15) is 57.2 Å². The van der Waals surface area contributed by atoms with Gasteiger partial charge in [0, 0.05) is 12.1 Å². The Morgan fingerprint density at radius 1 is 1.37 bits per heavy atom. The molecule has 1 unspecified atom stereocenters. The number of nitrogens with two attached hydrogens (primary N) is 1. The van der Waals surface area contributed by atoms with Gasteiger partial charge in [-0.05, 0) is 33.4 Å². The van der Waals surface area contributed by atoms with E-state index < -0.39 is 0 Å². The molecule has 1 aromatic rings. The van der Waals surface area contributed by atoms with E-state index in [4.69, 9.17) is 5.73 Å². The van der Waals surface area contributed by atoms with Crippen molar-refractivity contribution in [3.8, 4) is 0 Å². The highest BCUT2D eigenvalue weighted by Crippen LogP contribution is 2.40. The molecule has 1 fully saturated rings. The Labute approximate surface area is 116 Å². The van der Waals surface area contributed by atoms with E-state index in [-0.39, 0.29) is 11.6 Å². The molecule has 1 atom stereocenters. The summed E-state index contributed by atoms with van der Waals surface area (Å²) in [7, 11) is 4.30. The van der Waals surface area contributed by atoms with Crippen LogP contribution in [0.2, 0.25) is 0 Å². The van der Waals surface area contributed by atoms with Crippen LogP contribution in [0, 0.1) is 0 Å². The Balaban J connectivity index is 2.28. The van der Waals surface area contributed by atoms with E-state index in [0.717, 1.165) is 18.7 Å². The molecule has 1 saturated carbocycles. The second-order valence-electron chi connectivity index (χ2n) is 5.92. The first-order chi connectivity index (χ1) is 9.12. The van der Waals surface area contributed by atoms with Gasteiger partial charge in [0.05, 0.1) is 17.9 Å². The second kappa shape index (κ2) is 6.01. The molecule has 0 bridgehead atoms. The predicted molar refractivity (Wildman–Crippen MR) is 76.7 cm³/mol. The van der Waals surface area contributed by atoms with Gasteiger partial charge in [0.2, 0.25) is 0 Å². The maximum absolute atomic E-state index is 6.64. The monoisotopic (exact) mass is 265 g/mol. The van der Waals surface area contributed by atoms with Crippen molar-refractivity contribution >= 4 is 0 Å². The number of likely N-dealkylation sites (N-methyl/N-ethyl adjacent to an activating group) is 1. The fourth-order valence-corrected chi connectivity index (χ4v) is 3.37. The SMILES string of the molecule is CCCn1nncc1C(N)C1(N(C)C)CCCCC1. The average Bonchev–Trinajstić information content (AvgIpc) is 2.87. The Bertz CT molecular complexity index is 392. The van der Waals surface area contributed by atoms with Gasteiger partial charge in [0.15, 0.2) is 0 Å². The van der Waals surface area contributed by atoms with Crippen LogP contribution < -0.4 is 5.73 Å². The normalized spacial score (nSPS) is 20.7. The first-order valence-corrected chi connectivity index (χ1v) is 7.43. The van der Waals surface area contributed by atoms with Crippen LogP contribution >= 0.6 is 0 Å². The highest BCUT2D eigenvalue weighted by atomic mass is 15.4. The molecule has 1 aliphatic carbocycles. The van der Waals surface area contributed by atoms with Crippen LogP contribution in [0.25, 0.3) is 0 Å². The molecule has 0 saturated heterocycles. The van der Waals surface area contributed by atoms with E-state index >= 15 is 0 Å². The van der Waals surface area contributed by atoms with Crippen molar-refractivity contribution < 1.29 is 0 Å². The Morgan fingerprint density at radius 3 is 2.63 bits per heavy atom. The van der Waals surface area contributed by atoms with Gasteiger partial charge < -0.3 is 10.6 Å². The first kappa shape index (κ1) is 14.5. The molecule has 0 spiro atoms. The van der Waals surface area contributed by atoms with Gasteiger partial charge in [-0.3, -0.25) is 0 Å². The van der Waals surface area contributed by atoms with Gasteiger partial charge in [-0.15, -0.1) is 5.10 Å². The van der Waals surface area contributed by atoms with Crippen molar-refractivity contribution in [2.45, 2.75) is 63.6 Å². The highest BCUT2D eigenvalue weighted by Gasteiger charge is 2.42. The molecule has 1 aromatic heterocycles. The molecule has 5 nitrogen and oxygen atoms in total. The molecule has 0 radical (unpaired) electrons. The van der Waals surface area contributed by atoms with Crippen molar-refractivity contribution in [2.24, 2.45) is 5.73 Å². The summed E-state index contributed by atoms with van der Waals surface area (Å²) < 4.78 is 1.98. The summed E-state index contributed by atoms with van der Waals surface area (Å²) in [4.78, 5) is 2.32. The standard InChI is InChI=1S/C14H27N5/c1-4-10-19-12(11-16-17-19)13(15)14(18(2)3)8-6-5-7-9-14/h11,13H,4-10,15H2,1-3H3. The molecule has 1 heterocycles. The summed E-state index contributed by atoms with van der Waals surface area (Å²) in [6, 6.07) is -0.00986. The van der Waals surface area contributed by atoms with Gasteiger partial charge in [-0.2, -0.15) is 0 Å². The summed E-state index contributed by atoms with van der Waals surface area (Å²) in [5.41, 5.74) is 7.78. The maximum atomic E-state index is 6.64. The Morgan fingerprint density at radius 2 is 2.05 bits per heavy atom. The lowest BCUT2D eigenvalue weighted by molar-refractivity contribution is 0.0681. The van der Waals surface area contributed by atoms with Crippen molar-refractivity contribution in [3.63, 3.8) is 0 Å². The molecule has 0 aliphatic heterocycles. The number of aryl methyl sites for hydroxylation is 1. The van der Waals surface area contributed by atoms with Gasteiger partial charge in [0.1, 0.15) is 0 Å². The van der Waals surface area contributed by atoms with Crippen LogP contribution in [0.3, 0.4) is 0 Å². The van der Waals surface area contributed by atoms with E-state index in [1.54, 1.807) is 0 Å². The van der Waals surface area contributed by atoms with Gasteiger partial charge >= 0.3 is 0 Å². The number of aromatic nitrogens is 3. The zero-order chi connectivity index (χ0) is 13.9. The average molecular weight is 265 g/mol. The van der Waals surface area contributed by atoms with Gasteiger partial charge in [0.25, 0.3) is 0 Å². The van der Waals surface area contributed by atoms with Crippen molar-refractivity contribution in [2.75, 3.05) is 14.1 Å². The number of hydrogen-bond acceptors (Lipinski definition) is 4. The minimum Gasteiger partial charge on any atom is -0.321 e. The molecule has 2 rings (SSSR count). The van der Waals surface area contributed by atoms with Gasteiger partial charge in [-0.25, -0.2) is 4.68 Å². The maximum Gasteiger partial charge on any atom is 0.0773 e. The lowest BCUT2D eigenvalue weighted by Gasteiger charge is -2.47. The van der Waals surface area contributed by atoms with E-state index in [2.05, 4.69) is 36.2 Å². The van der Waals surface area contributed by atoms with E-state index in [0.29, 0.717) is 0 Å². The molecular formula is C14H27N5. The van der Waals surface area contributed by atoms with E-state index in [1.165, 1.54) is 32.1 Å². The fourth-order valence-electron chi connectivity index (χ4n) is 3.37. The van der Waals surface area contributed by atoms with Crippen LogP contribution in [-0.4, -0.2) is 39.5 Å². The van der Waals surface area contributed by atoms with Crippen molar-refractivity contribution in [3.05, 3.63) is 11.9 Å². The Kier molecular flexibility index (Phi) is 4.58. The zero-order valence-corrected chi connectivity index (χ0v) is 12.5. The quantitative estimate of drug-likeness (QED) is 0.884. The Hall–Kier alpha value is -0.940. The first-order valence-electron chi connectivity index (χ1n) is 7.43. The third-order valence-electron chi connectivity index (χ3n) is 4.59. The molecule has 0 amide bonds. The molecule has 2 N–H and O–H groups in total. The zero-order valence-electron chi connectivity index (χ0n) is 12.5. The second-order valence-corrected chi connectivity index (χ2v) is 5.92. The third kappa shape index (κ3) is 2.67. The summed E-state index contributed by atoms with van der Waals surface area (Å²) in [5.74, 6) is 0. The van der Waals surface area contributed by atoms with Crippen LogP contribution in [0.4, 0.5) is 0 Å². The van der Waals surface area contributed by atoms with E-state index in [9.17, 15) is 0 Å². The third-order valence-corrected chi connectivity index (χ3v) is 4.59. The number of hydrogen-bond donors (Lipinski definition) is 1. The highest BCUT2D eigenvalue weighted by molar-refractivity contribution is 5.13. The smallest absolute Gasteiger partial charge is 0.0773 e. The molecule has 19 heavy (non-hydrogen) atoms. The predicted octanol–water partition coefficient (Wildman–Crippen LogP) is 1.95. The molecule has 5 heteroatoms. The number of nitrogens with zero attached hydrogens (tertiary/aromatic N) is 4. The van der Waals surface area contributed by atoms with Crippen LogP contribution in [0.5, 0.6) is 0 Å². The summed E-state index contributed by atoms with van der Waals surface area (Å²) in [6.07, 6.45) is 9.09. The lowest BCUT2D eigenvalue weighted by Crippen LogP contribution is -2.54.